The third-order valence-electron chi connectivity index (χ3n) is 1.53. The highest BCUT2D eigenvalue weighted by Crippen LogP contribution is 2.12. The summed E-state index contributed by atoms with van der Waals surface area (Å²) in [5.74, 6) is -0.189. The van der Waals surface area contributed by atoms with E-state index in [0.717, 1.165) is 0 Å². The van der Waals surface area contributed by atoms with Gasteiger partial charge in [-0.3, -0.25) is 4.79 Å². The van der Waals surface area contributed by atoms with Crippen LogP contribution < -0.4 is 11.1 Å². The Bertz CT molecular complexity index is 345. The number of amides is 1. The van der Waals surface area contributed by atoms with Gasteiger partial charge in [-0.15, -0.1) is 0 Å². The van der Waals surface area contributed by atoms with Gasteiger partial charge >= 0.3 is 0 Å². The number of hydrogen-bond donors (Lipinski definition) is 2. The Labute approximate surface area is 77.3 Å². The zero-order chi connectivity index (χ0) is 9.84. The molecule has 0 atom stereocenters. The summed E-state index contributed by atoms with van der Waals surface area (Å²) in [4.78, 5) is 11.2. The summed E-state index contributed by atoms with van der Waals surface area (Å²) in [5.41, 5.74) is 7.32. The molecule has 0 saturated heterocycles. The summed E-state index contributed by atoms with van der Waals surface area (Å²) >= 11 is 0. The number of nitrogen functional groups attached to an aromatic ring is 1. The molecule has 0 aliphatic rings. The molecule has 0 spiro atoms. The maximum absolute atomic E-state index is 11.2. The number of carbonyl (C=O) groups excluding carboxylic acids is 1. The molecular weight excluding hydrogens is 164 g/mol. The van der Waals surface area contributed by atoms with Crippen molar-refractivity contribution in [2.45, 2.75) is 6.92 Å². The number of hydrogen-bond acceptors (Lipinski definition) is 2. The Kier molecular flexibility index (Phi) is 2.69. The maximum Gasteiger partial charge on any atom is 0.250 e. The fraction of sp³-hybridized carbons (Fsp3) is 0.100. The third kappa shape index (κ3) is 2.63. The number of rotatable bonds is 2. The molecule has 0 heterocycles. The summed E-state index contributed by atoms with van der Waals surface area (Å²) in [5, 5.41) is 2.66. The standard InChI is InChI=1S/C10H12N2O/c1-7(2)10(13)12-9-5-3-4-8(11)6-9/h3-6H,1,11H2,2H3,(H,12,13). The van der Waals surface area contributed by atoms with Crippen LogP contribution in [0.1, 0.15) is 6.92 Å². The Hall–Kier alpha value is -1.77. The number of benzene rings is 1. The first-order valence-corrected chi connectivity index (χ1v) is 3.92. The van der Waals surface area contributed by atoms with Crippen LogP contribution in [0, 0.1) is 0 Å². The van der Waals surface area contributed by atoms with Crippen molar-refractivity contribution in [1.82, 2.24) is 0 Å². The van der Waals surface area contributed by atoms with Crippen LogP contribution >= 0.6 is 0 Å². The van der Waals surface area contributed by atoms with Crippen LogP contribution in [-0.4, -0.2) is 5.91 Å². The van der Waals surface area contributed by atoms with Crippen molar-refractivity contribution < 1.29 is 4.79 Å². The van der Waals surface area contributed by atoms with Gasteiger partial charge in [0.2, 0.25) is 0 Å². The second kappa shape index (κ2) is 3.76. The molecule has 0 fully saturated rings. The molecule has 1 amide bonds. The summed E-state index contributed by atoms with van der Waals surface area (Å²) in [7, 11) is 0. The minimum atomic E-state index is -0.189. The molecule has 0 aliphatic heterocycles. The van der Waals surface area contributed by atoms with Gasteiger partial charge in [-0.05, 0) is 25.1 Å². The highest BCUT2D eigenvalue weighted by molar-refractivity contribution is 6.02. The molecule has 1 aromatic rings. The number of carbonyl (C=O) groups is 1. The third-order valence-corrected chi connectivity index (χ3v) is 1.53. The highest BCUT2D eigenvalue weighted by atomic mass is 16.1. The van der Waals surface area contributed by atoms with E-state index in [1.165, 1.54) is 0 Å². The summed E-state index contributed by atoms with van der Waals surface area (Å²) in [6.45, 7) is 5.18. The van der Waals surface area contributed by atoms with Gasteiger partial charge in [0, 0.05) is 16.9 Å². The van der Waals surface area contributed by atoms with Crippen molar-refractivity contribution in [3.63, 3.8) is 0 Å². The Morgan fingerprint density at radius 3 is 2.77 bits per heavy atom. The molecule has 0 unspecified atom stereocenters. The van der Waals surface area contributed by atoms with Gasteiger partial charge in [-0.1, -0.05) is 12.6 Å². The van der Waals surface area contributed by atoms with Crippen molar-refractivity contribution in [1.29, 1.82) is 0 Å². The monoisotopic (exact) mass is 176 g/mol. The first kappa shape index (κ1) is 9.32. The van der Waals surface area contributed by atoms with Gasteiger partial charge in [-0.25, -0.2) is 0 Å². The summed E-state index contributed by atoms with van der Waals surface area (Å²) < 4.78 is 0. The minimum Gasteiger partial charge on any atom is -0.399 e. The lowest BCUT2D eigenvalue weighted by Crippen LogP contribution is -2.11. The fourth-order valence-electron chi connectivity index (χ4n) is 0.854. The maximum atomic E-state index is 11.2. The van der Waals surface area contributed by atoms with E-state index in [2.05, 4.69) is 11.9 Å². The van der Waals surface area contributed by atoms with Crippen LogP contribution in [0.15, 0.2) is 36.4 Å². The summed E-state index contributed by atoms with van der Waals surface area (Å²) in [6.07, 6.45) is 0. The average Bonchev–Trinajstić information content (AvgIpc) is 2.04. The average molecular weight is 176 g/mol. The first-order valence-electron chi connectivity index (χ1n) is 3.92. The van der Waals surface area contributed by atoms with Gasteiger partial charge < -0.3 is 11.1 Å². The van der Waals surface area contributed by atoms with Gasteiger partial charge in [0.05, 0.1) is 0 Å². The molecule has 1 aromatic carbocycles. The molecule has 0 aromatic heterocycles. The lowest BCUT2D eigenvalue weighted by Gasteiger charge is -2.04. The van der Waals surface area contributed by atoms with Crippen molar-refractivity contribution in [2.24, 2.45) is 0 Å². The molecular formula is C10H12N2O. The molecule has 13 heavy (non-hydrogen) atoms. The lowest BCUT2D eigenvalue weighted by molar-refractivity contribution is -0.112. The molecule has 68 valence electrons. The van der Waals surface area contributed by atoms with Gasteiger partial charge in [0.25, 0.3) is 5.91 Å². The van der Waals surface area contributed by atoms with Crippen molar-refractivity contribution in [2.75, 3.05) is 11.1 Å². The number of anilines is 2. The van der Waals surface area contributed by atoms with Crippen LogP contribution in [0.5, 0.6) is 0 Å². The van der Waals surface area contributed by atoms with Crippen molar-refractivity contribution in [3.8, 4) is 0 Å². The van der Waals surface area contributed by atoms with Crippen LogP contribution in [0.4, 0.5) is 11.4 Å². The van der Waals surface area contributed by atoms with Crippen molar-refractivity contribution in [3.05, 3.63) is 36.4 Å². The second-order valence-corrected chi connectivity index (χ2v) is 2.86. The summed E-state index contributed by atoms with van der Waals surface area (Å²) in [6, 6.07) is 7.01. The fourth-order valence-corrected chi connectivity index (χ4v) is 0.854. The van der Waals surface area contributed by atoms with E-state index in [9.17, 15) is 4.79 Å². The molecule has 3 nitrogen and oxygen atoms in total. The predicted octanol–water partition coefficient (Wildman–Crippen LogP) is 1.78. The molecule has 0 radical (unpaired) electrons. The van der Waals surface area contributed by atoms with Crippen LogP contribution in [-0.2, 0) is 4.79 Å². The Morgan fingerprint density at radius 1 is 1.54 bits per heavy atom. The highest BCUT2D eigenvalue weighted by Gasteiger charge is 2.01. The molecule has 1 rings (SSSR count). The number of nitrogens with one attached hydrogen (secondary N) is 1. The topological polar surface area (TPSA) is 55.1 Å². The SMILES string of the molecule is C=C(C)C(=O)Nc1cccc(N)c1. The van der Waals surface area contributed by atoms with E-state index < -0.39 is 0 Å². The zero-order valence-electron chi connectivity index (χ0n) is 7.50. The van der Waals surface area contributed by atoms with Crippen LogP contribution in [0.2, 0.25) is 0 Å². The van der Waals surface area contributed by atoms with Crippen molar-refractivity contribution >= 4 is 17.3 Å². The zero-order valence-corrected chi connectivity index (χ0v) is 7.50. The lowest BCUT2D eigenvalue weighted by atomic mass is 10.2. The van der Waals surface area contributed by atoms with E-state index in [4.69, 9.17) is 5.73 Å². The molecule has 3 N–H and O–H groups in total. The van der Waals surface area contributed by atoms with E-state index in [0.29, 0.717) is 16.9 Å². The Morgan fingerprint density at radius 2 is 2.23 bits per heavy atom. The van der Waals surface area contributed by atoms with E-state index in [-0.39, 0.29) is 5.91 Å². The van der Waals surface area contributed by atoms with Crippen LogP contribution in [0.25, 0.3) is 0 Å². The molecule has 0 bridgehead atoms. The predicted molar refractivity (Wildman–Crippen MR) is 54.3 cm³/mol. The Balaban J connectivity index is 2.75. The van der Waals surface area contributed by atoms with Gasteiger partial charge in [0.15, 0.2) is 0 Å². The smallest absolute Gasteiger partial charge is 0.250 e. The van der Waals surface area contributed by atoms with E-state index in [1.807, 2.05) is 0 Å². The largest absolute Gasteiger partial charge is 0.399 e. The molecule has 3 heteroatoms. The van der Waals surface area contributed by atoms with Gasteiger partial charge in [0.1, 0.15) is 0 Å². The molecule has 0 aliphatic carbocycles. The minimum absolute atomic E-state index is 0.189. The first-order chi connectivity index (χ1) is 6.09. The van der Waals surface area contributed by atoms with Crippen LogP contribution in [0.3, 0.4) is 0 Å². The molecule has 0 saturated carbocycles. The normalized spacial score (nSPS) is 9.31. The van der Waals surface area contributed by atoms with Gasteiger partial charge in [-0.2, -0.15) is 0 Å². The quantitative estimate of drug-likeness (QED) is 0.533. The van der Waals surface area contributed by atoms with E-state index in [1.54, 1.807) is 31.2 Å². The van der Waals surface area contributed by atoms with E-state index >= 15 is 0 Å². The second-order valence-electron chi connectivity index (χ2n) is 2.86. The number of nitrogens with two attached hydrogens (primary N) is 1.